The van der Waals surface area contributed by atoms with E-state index in [4.69, 9.17) is 0 Å². The van der Waals surface area contributed by atoms with Crippen molar-refractivity contribution in [3.8, 4) is 0 Å². The molecule has 1 unspecified atom stereocenters. The lowest BCUT2D eigenvalue weighted by Crippen LogP contribution is -2.44. The maximum atomic E-state index is 11.3. The minimum absolute atomic E-state index is 0.179. The fraction of sp³-hybridized carbons (Fsp3) is 0.571. The van der Waals surface area contributed by atoms with E-state index < -0.39 is 15.4 Å². The van der Waals surface area contributed by atoms with E-state index in [0.29, 0.717) is 19.4 Å². The van der Waals surface area contributed by atoms with Gasteiger partial charge in [0.15, 0.2) is 0 Å². The molecule has 0 bridgehead atoms. The van der Waals surface area contributed by atoms with Gasteiger partial charge in [-0.1, -0.05) is 30.3 Å². The predicted molar refractivity (Wildman–Crippen MR) is 75.7 cm³/mol. The summed E-state index contributed by atoms with van der Waals surface area (Å²) in [4.78, 5) is 0. The van der Waals surface area contributed by atoms with Crippen LogP contribution in [0.1, 0.15) is 25.3 Å². The van der Waals surface area contributed by atoms with E-state index in [9.17, 15) is 13.5 Å². The summed E-state index contributed by atoms with van der Waals surface area (Å²) in [6, 6.07) is 9.69. The van der Waals surface area contributed by atoms with Crippen LogP contribution in [0.2, 0.25) is 0 Å². The Morgan fingerprint density at radius 3 is 2.42 bits per heavy atom. The van der Waals surface area contributed by atoms with Crippen molar-refractivity contribution in [3.63, 3.8) is 0 Å². The van der Waals surface area contributed by atoms with Crippen LogP contribution in [0.4, 0.5) is 0 Å². The van der Waals surface area contributed by atoms with Crippen LogP contribution in [0.15, 0.2) is 30.3 Å². The van der Waals surface area contributed by atoms with Gasteiger partial charge in [-0.3, -0.25) is 0 Å². The Balaban J connectivity index is 1.89. The van der Waals surface area contributed by atoms with Gasteiger partial charge in [-0.25, -0.2) is 8.42 Å². The molecule has 0 aliphatic carbocycles. The predicted octanol–water partition coefficient (Wildman–Crippen LogP) is 1.06. The van der Waals surface area contributed by atoms with Crippen molar-refractivity contribution < 1.29 is 13.5 Å². The summed E-state index contributed by atoms with van der Waals surface area (Å²) in [6.45, 7) is 2.20. The first kappa shape index (κ1) is 14.5. The minimum Gasteiger partial charge on any atom is -0.384 e. The first-order valence-electron chi connectivity index (χ1n) is 6.61. The third-order valence-corrected chi connectivity index (χ3v) is 5.40. The van der Waals surface area contributed by atoms with Crippen LogP contribution in [-0.2, 0) is 15.4 Å². The minimum atomic E-state index is -2.82. The highest BCUT2D eigenvalue weighted by Gasteiger charge is 2.27. The number of sulfone groups is 1. The van der Waals surface area contributed by atoms with E-state index >= 15 is 0 Å². The summed E-state index contributed by atoms with van der Waals surface area (Å²) in [5.74, 6) is 0.496. The quantitative estimate of drug-likeness (QED) is 0.867. The smallest absolute Gasteiger partial charge is 0.150 e. The van der Waals surface area contributed by atoms with E-state index in [0.717, 1.165) is 5.56 Å². The molecule has 1 fully saturated rings. The molecule has 2 rings (SSSR count). The van der Waals surface area contributed by atoms with Crippen LogP contribution < -0.4 is 5.32 Å². The number of rotatable bonds is 4. The molecule has 2 N–H and O–H groups in total. The summed E-state index contributed by atoms with van der Waals surface area (Å²) in [6.07, 6.45) is 1.26. The molecule has 1 aliphatic heterocycles. The van der Waals surface area contributed by atoms with E-state index in [2.05, 4.69) is 5.32 Å². The Morgan fingerprint density at radius 2 is 1.84 bits per heavy atom. The zero-order valence-electron chi connectivity index (χ0n) is 11.2. The highest BCUT2D eigenvalue weighted by Crippen LogP contribution is 2.20. The maximum Gasteiger partial charge on any atom is 0.150 e. The molecular weight excluding hydrogens is 262 g/mol. The second kappa shape index (κ2) is 5.61. The van der Waals surface area contributed by atoms with E-state index in [-0.39, 0.29) is 17.5 Å². The average Bonchev–Trinajstić information content (AvgIpc) is 2.39. The van der Waals surface area contributed by atoms with Crippen molar-refractivity contribution in [2.45, 2.75) is 31.4 Å². The van der Waals surface area contributed by atoms with E-state index in [1.165, 1.54) is 0 Å². The second-order valence-electron chi connectivity index (χ2n) is 5.45. The van der Waals surface area contributed by atoms with Gasteiger partial charge in [-0.2, -0.15) is 0 Å². The van der Waals surface area contributed by atoms with Gasteiger partial charge < -0.3 is 10.4 Å². The van der Waals surface area contributed by atoms with Crippen molar-refractivity contribution in [2.75, 3.05) is 18.1 Å². The van der Waals surface area contributed by atoms with Gasteiger partial charge in [0, 0.05) is 12.6 Å². The Morgan fingerprint density at radius 1 is 1.26 bits per heavy atom. The summed E-state index contributed by atoms with van der Waals surface area (Å²) in [5.41, 5.74) is -0.0664. The average molecular weight is 283 g/mol. The lowest BCUT2D eigenvalue weighted by Gasteiger charge is -2.29. The van der Waals surface area contributed by atoms with Crippen LogP contribution >= 0.6 is 0 Å². The van der Waals surface area contributed by atoms with Gasteiger partial charge in [0.2, 0.25) is 0 Å². The molecule has 1 aliphatic rings. The fourth-order valence-corrected chi connectivity index (χ4v) is 3.83. The standard InChI is InChI=1S/C14H21NO3S/c1-14(16,12-5-3-2-4-6-12)11-15-13-7-9-19(17,18)10-8-13/h2-6,13,15-16H,7-11H2,1H3. The van der Waals surface area contributed by atoms with Crippen LogP contribution in [0, 0.1) is 0 Å². The monoisotopic (exact) mass is 283 g/mol. The molecular formula is C14H21NO3S. The molecule has 0 amide bonds. The van der Waals surface area contributed by atoms with Gasteiger partial charge in [-0.15, -0.1) is 0 Å². The fourth-order valence-electron chi connectivity index (χ4n) is 2.34. The third-order valence-electron chi connectivity index (χ3n) is 3.69. The van der Waals surface area contributed by atoms with Gasteiger partial charge in [-0.05, 0) is 25.3 Å². The summed E-state index contributed by atoms with van der Waals surface area (Å²) < 4.78 is 22.7. The van der Waals surface area contributed by atoms with Crippen molar-refractivity contribution in [1.29, 1.82) is 0 Å². The Kier molecular flexibility index (Phi) is 4.28. The molecule has 0 saturated carbocycles. The van der Waals surface area contributed by atoms with Gasteiger partial charge in [0.05, 0.1) is 17.1 Å². The molecule has 1 aromatic carbocycles. The van der Waals surface area contributed by atoms with E-state index in [1.807, 2.05) is 30.3 Å². The molecule has 0 aromatic heterocycles. The lowest BCUT2D eigenvalue weighted by atomic mass is 9.95. The normalized spacial score (nSPS) is 22.8. The third kappa shape index (κ3) is 4.03. The first-order valence-corrected chi connectivity index (χ1v) is 8.43. The second-order valence-corrected chi connectivity index (χ2v) is 7.75. The largest absolute Gasteiger partial charge is 0.384 e. The van der Waals surface area contributed by atoms with Crippen molar-refractivity contribution in [1.82, 2.24) is 5.32 Å². The molecule has 4 nitrogen and oxygen atoms in total. The molecule has 19 heavy (non-hydrogen) atoms. The van der Waals surface area contributed by atoms with Crippen LogP contribution in [-0.4, -0.2) is 37.6 Å². The van der Waals surface area contributed by atoms with Crippen molar-refractivity contribution in [2.24, 2.45) is 0 Å². The summed E-state index contributed by atoms with van der Waals surface area (Å²) in [7, 11) is -2.82. The molecule has 0 radical (unpaired) electrons. The molecule has 1 aromatic rings. The van der Waals surface area contributed by atoms with Crippen LogP contribution in [0.25, 0.3) is 0 Å². The zero-order chi connectivity index (χ0) is 13.9. The number of hydrogen-bond donors (Lipinski definition) is 2. The number of aliphatic hydroxyl groups is 1. The maximum absolute atomic E-state index is 11.3. The number of nitrogens with one attached hydrogen (secondary N) is 1. The van der Waals surface area contributed by atoms with E-state index in [1.54, 1.807) is 6.92 Å². The number of benzene rings is 1. The topological polar surface area (TPSA) is 66.4 Å². The molecule has 5 heteroatoms. The Bertz CT molecular complexity index is 497. The summed E-state index contributed by atoms with van der Waals surface area (Å²) in [5, 5.41) is 13.7. The first-order chi connectivity index (χ1) is 8.89. The van der Waals surface area contributed by atoms with Gasteiger partial charge >= 0.3 is 0 Å². The molecule has 0 spiro atoms. The molecule has 1 heterocycles. The van der Waals surface area contributed by atoms with Crippen molar-refractivity contribution >= 4 is 9.84 Å². The number of hydrogen-bond acceptors (Lipinski definition) is 4. The highest BCUT2D eigenvalue weighted by atomic mass is 32.2. The van der Waals surface area contributed by atoms with Crippen LogP contribution in [0.5, 0.6) is 0 Å². The van der Waals surface area contributed by atoms with Crippen molar-refractivity contribution in [3.05, 3.63) is 35.9 Å². The van der Waals surface area contributed by atoms with Crippen LogP contribution in [0.3, 0.4) is 0 Å². The van der Waals surface area contributed by atoms with Gasteiger partial charge in [0.1, 0.15) is 9.84 Å². The lowest BCUT2D eigenvalue weighted by molar-refractivity contribution is 0.0534. The Hall–Kier alpha value is -0.910. The zero-order valence-corrected chi connectivity index (χ0v) is 12.0. The SMILES string of the molecule is CC(O)(CNC1CCS(=O)(=O)CC1)c1ccccc1. The highest BCUT2D eigenvalue weighted by molar-refractivity contribution is 7.91. The summed E-state index contributed by atoms with van der Waals surface area (Å²) >= 11 is 0. The molecule has 106 valence electrons. The Labute approximate surface area is 114 Å². The molecule has 1 saturated heterocycles. The van der Waals surface area contributed by atoms with Gasteiger partial charge in [0.25, 0.3) is 0 Å². The molecule has 1 atom stereocenters.